The summed E-state index contributed by atoms with van der Waals surface area (Å²) >= 11 is 0. The summed E-state index contributed by atoms with van der Waals surface area (Å²) in [5.74, 6) is 4.93. The molecule has 4 rings (SSSR count). The SMILES string of the molecule is CC1(C)COCCN1CC#CCN1CCN(C(=O)c2cc(C(F)(F)F)cc(C(F)(F)F)c2)[C@H](Cc2ccc(F)cc2)C1.Cl.Cl. The Morgan fingerprint density at radius 3 is 2.07 bits per heavy atom. The summed E-state index contributed by atoms with van der Waals surface area (Å²) in [6.07, 6.45) is -9.92. The Kier molecular flexibility index (Phi) is 13.0. The van der Waals surface area contributed by atoms with E-state index in [9.17, 15) is 35.5 Å². The number of amides is 1. The molecule has 0 spiro atoms. The van der Waals surface area contributed by atoms with Crippen LogP contribution in [0.3, 0.4) is 0 Å². The molecule has 1 atom stereocenters. The van der Waals surface area contributed by atoms with Crippen molar-refractivity contribution in [3.63, 3.8) is 0 Å². The first-order valence-electron chi connectivity index (χ1n) is 13.5. The van der Waals surface area contributed by atoms with Gasteiger partial charge in [-0.25, -0.2) is 4.39 Å². The van der Waals surface area contributed by atoms with Crippen molar-refractivity contribution in [2.75, 3.05) is 52.5 Å². The van der Waals surface area contributed by atoms with E-state index in [1.165, 1.54) is 29.2 Å². The Morgan fingerprint density at radius 2 is 1.50 bits per heavy atom. The van der Waals surface area contributed by atoms with Gasteiger partial charge >= 0.3 is 12.4 Å². The first-order chi connectivity index (χ1) is 19.6. The highest BCUT2D eigenvalue weighted by atomic mass is 35.5. The third-order valence-electron chi connectivity index (χ3n) is 7.56. The second kappa shape index (κ2) is 15.1. The molecule has 2 heterocycles. The molecule has 0 aromatic heterocycles. The molecular weight excluding hydrogens is 638 g/mol. The molecule has 44 heavy (non-hydrogen) atoms. The van der Waals surface area contributed by atoms with Crippen LogP contribution < -0.4 is 0 Å². The quantitative estimate of drug-likeness (QED) is 0.281. The predicted molar refractivity (Wildman–Crippen MR) is 157 cm³/mol. The van der Waals surface area contributed by atoms with Crippen molar-refractivity contribution in [2.45, 2.75) is 44.2 Å². The first kappa shape index (κ1) is 37.6. The molecule has 2 saturated heterocycles. The molecule has 2 aliphatic rings. The maximum Gasteiger partial charge on any atom is 0.416 e. The Balaban J connectivity index is 0.00000337. The fourth-order valence-electron chi connectivity index (χ4n) is 5.14. The van der Waals surface area contributed by atoms with Gasteiger partial charge in [-0.3, -0.25) is 14.6 Å². The summed E-state index contributed by atoms with van der Waals surface area (Å²) in [5.41, 5.74) is -3.26. The lowest BCUT2D eigenvalue weighted by atomic mass is 9.99. The highest BCUT2D eigenvalue weighted by molar-refractivity contribution is 5.95. The molecule has 5 nitrogen and oxygen atoms in total. The molecule has 0 aliphatic carbocycles. The third kappa shape index (κ3) is 9.72. The van der Waals surface area contributed by atoms with Crippen LogP contribution in [-0.2, 0) is 23.5 Å². The highest BCUT2D eigenvalue weighted by Gasteiger charge is 2.39. The number of ether oxygens (including phenoxy) is 1. The molecule has 2 aliphatic heterocycles. The Morgan fingerprint density at radius 1 is 0.909 bits per heavy atom. The highest BCUT2D eigenvalue weighted by Crippen LogP contribution is 2.37. The van der Waals surface area contributed by atoms with Crippen molar-refractivity contribution < 1.29 is 40.3 Å². The number of hydrogen-bond donors (Lipinski definition) is 0. The molecule has 0 unspecified atom stereocenters. The van der Waals surface area contributed by atoms with Gasteiger partial charge in [-0.1, -0.05) is 24.0 Å². The van der Waals surface area contributed by atoms with Crippen molar-refractivity contribution >= 4 is 30.7 Å². The lowest BCUT2D eigenvalue weighted by Gasteiger charge is -2.41. The lowest BCUT2D eigenvalue weighted by Crippen LogP contribution is -2.56. The van der Waals surface area contributed by atoms with Crippen LogP contribution in [0.2, 0.25) is 0 Å². The van der Waals surface area contributed by atoms with Gasteiger partial charge in [0.2, 0.25) is 0 Å². The van der Waals surface area contributed by atoms with Crippen LogP contribution in [0.4, 0.5) is 30.7 Å². The molecule has 2 aromatic carbocycles. The van der Waals surface area contributed by atoms with E-state index >= 15 is 0 Å². The molecule has 2 aromatic rings. The van der Waals surface area contributed by atoms with E-state index in [1.54, 1.807) is 0 Å². The summed E-state index contributed by atoms with van der Waals surface area (Å²) in [4.78, 5) is 19.0. The predicted octanol–water partition coefficient (Wildman–Crippen LogP) is 6.19. The van der Waals surface area contributed by atoms with Crippen LogP contribution in [0.1, 0.15) is 40.9 Å². The van der Waals surface area contributed by atoms with Gasteiger partial charge < -0.3 is 9.64 Å². The van der Waals surface area contributed by atoms with Crippen molar-refractivity contribution in [3.8, 4) is 11.8 Å². The van der Waals surface area contributed by atoms with Crippen molar-refractivity contribution in [3.05, 3.63) is 70.5 Å². The molecule has 14 heteroatoms. The van der Waals surface area contributed by atoms with E-state index in [2.05, 4.69) is 30.6 Å². The van der Waals surface area contributed by atoms with Crippen LogP contribution >= 0.6 is 24.8 Å². The number of hydrogen-bond acceptors (Lipinski definition) is 4. The molecular formula is C30H34Cl2F7N3O2. The van der Waals surface area contributed by atoms with E-state index in [4.69, 9.17) is 4.74 Å². The minimum atomic E-state index is -5.07. The van der Waals surface area contributed by atoms with Gasteiger partial charge in [-0.05, 0) is 56.2 Å². The number of rotatable bonds is 5. The van der Waals surface area contributed by atoms with Crippen LogP contribution in [0.5, 0.6) is 0 Å². The average molecular weight is 673 g/mol. The fraction of sp³-hybridized carbons (Fsp3) is 0.500. The van der Waals surface area contributed by atoms with E-state index in [1.807, 2.05) is 4.90 Å². The van der Waals surface area contributed by atoms with Gasteiger partial charge in [0.15, 0.2) is 0 Å². The second-order valence-electron chi connectivity index (χ2n) is 11.2. The van der Waals surface area contributed by atoms with Crippen LogP contribution in [0.15, 0.2) is 42.5 Å². The zero-order valence-electron chi connectivity index (χ0n) is 24.1. The van der Waals surface area contributed by atoms with Crippen molar-refractivity contribution in [1.29, 1.82) is 0 Å². The first-order valence-corrected chi connectivity index (χ1v) is 13.5. The maximum atomic E-state index is 13.5. The average Bonchev–Trinajstić information content (AvgIpc) is 2.91. The van der Waals surface area contributed by atoms with Gasteiger partial charge in [0.05, 0.1) is 37.4 Å². The normalized spacial score (nSPS) is 19.3. The van der Waals surface area contributed by atoms with Gasteiger partial charge in [0, 0.05) is 43.3 Å². The number of benzene rings is 2. The Hall–Kier alpha value is -2.56. The van der Waals surface area contributed by atoms with E-state index in [-0.39, 0.29) is 55.9 Å². The molecule has 0 saturated carbocycles. The minimum Gasteiger partial charge on any atom is -0.378 e. The number of morpholine rings is 1. The summed E-state index contributed by atoms with van der Waals surface area (Å²) in [6.45, 7) is 7.74. The smallest absolute Gasteiger partial charge is 0.378 e. The van der Waals surface area contributed by atoms with Crippen LogP contribution in [-0.4, -0.2) is 84.7 Å². The van der Waals surface area contributed by atoms with Gasteiger partial charge in [-0.2, -0.15) is 26.3 Å². The Labute approximate surface area is 264 Å². The summed E-state index contributed by atoms with van der Waals surface area (Å²) < 4.78 is 99.7. The molecule has 0 bridgehead atoms. The van der Waals surface area contributed by atoms with Crippen molar-refractivity contribution in [2.24, 2.45) is 0 Å². The fourth-order valence-corrected chi connectivity index (χ4v) is 5.14. The van der Waals surface area contributed by atoms with Gasteiger partial charge in [0.1, 0.15) is 5.82 Å². The monoisotopic (exact) mass is 671 g/mol. The number of halogens is 9. The van der Waals surface area contributed by atoms with Gasteiger partial charge in [0.25, 0.3) is 5.91 Å². The summed E-state index contributed by atoms with van der Waals surface area (Å²) in [7, 11) is 0. The number of alkyl halides is 6. The standard InChI is InChI=1S/C30H32F7N3O2.2ClH/c1-28(2)20-42-14-13-39(28)10-4-3-9-38-11-12-40(26(19-38)15-21-5-7-25(31)8-6-21)27(41)22-16-23(29(32,33)34)18-24(17-22)30(35,36)37;;/h5-8,16-18,26H,9-15,19-20H2,1-2H3;2*1H/t26-;;/m1../s1. The lowest BCUT2D eigenvalue weighted by molar-refractivity contribution is -0.143. The number of carbonyl (C=O) groups excluding carboxylic acids is 1. The topological polar surface area (TPSA) is 36.0 Å². The van der Waals surface area contributed by atoms with Crippen molar-refractivity contribution in [1.82, 2.24) is 14.7 Å². The number of nitrogens with zero attached hydrogens (tertiary/aromatic N) is 3. The molecule has 0 radical (unpaired) electrons. The van der Waals surface area contributed by atoms with E-state index in [0.717, 1.165) is 6.54 Å². The molecule has 244 valence electrons. The second-order valence-corrected chi connectivity index (χ2v) is 11.2. The molecule has 1 amide bonds. The Bertz CT molecular complexity index is 1290. The van der Waals surface area contributed by atoms with E-state index in [0.29, 0.717) is 50.5 Å². The molecule has 2 fully saturated rings. The molecule has 0 N–H and O–H groups in total. The van der Waals surface area contributed by atoms with Crippen LogP contribution in [0.25, 0.3) is 0 Å². The maximum absolute atomic E-state index is 13.5. The summed E-state index contributed by atoms with van der Waals surface area (Å²) in [6, 6.07) is 5.89. The van der Waals surface area contributed by atoms with Crippen LogP contribution in [0, 0.1) is 17.7 Å². The largest absolute Gasteiger partial charge is 0.416 e. The third-order valence-corrected chi connectivity index (χ3v) is 7.56. The van der Waals surface area contributed by atoms with E-state index < -0.39 is 46.8 Å². The zero-order valence-corrected chi connectivity index (χ0v) is 25.7. The summed E-state index contributed by atoms with van der Waals surface area (Å²) in [5, 5.41) is 0. The number of piperazine rings is 1. The number of carbonyl (C=O) groups is 1. The zero-order chi connectivity index (χ0) is 30.7. The minimum absolute atomic E-state index is 0. The van der Waals surface area contributed by atoms with Gasteiger partial charge in [-0.15, -0.1) is 24.8 Å².